The summed E-state index contributed by atoms with van der Waals surface area (Å²) in [5.74, 6) is 1.66. The summed E-state index contributed by atoms with van der Waals surface area (Å²) in [5, 5.41) is 4.25. The third-order valence-electron chi connectivity index (χ3n) is 6.43. The lowest BCUT2D eigenvalue weighted by Crippen LogP contribution is -2.40. The van der Waals surface area contributed by atoms with Gasteiger partial charge in [-0.25, -0.2) is 9.97 Å². The Morgan fingerprint density at radius 2 is 2.00 bits per heavy atom. The maximum absolute atomic E-state index is 13.7. The van der Waals surface area contributed by atoms with Crippen molar-refractivity contribution in [1.29, 1.82) is 0 Å². The predicted molar refractivity (Wildman–Crippen MR) is 121 cm³/mol. The molecule has 2 aliphatic rings. The first-order chi connectivity index (χ1) is 15.2. The number of amides is 1. The van der Waals surface area contributed by atoms with Gasteiger partial charge in [0.25, 0.3) is 5.91 Å². The lowest BCUT2D eigenvalue weighted by atomic mass is 9.98. The molecule has 2 aromatic heterocycles. The molecule has 1 atom stereocenters. The zero-order chi connectivity index (χ0) is 21.4. The van der Waals surface area contributed by atoms with Gasteiger partial charge in [0.2, 0.25) is 0 Å². The van der Waals surface area contributed by atoms with Crippen molar-refractivity contribution in [3.63, 3.8) is 0 Å². The van der Waals surface area contributed by atoms with Crippen LogP contribution in [-0.4, -0.2) is 57.8 Å². The molecule has 4 heterocycles. The second-order valence-electron chi connectivity index (χ2n) is 8.48. The molecule has 1 fully saturated rings. The van der Waals surface area contributed by atoms with Crippen molar-refractivity contribution in [2.24, 2.45) is 0 Å². The highest BCUT2D eigenvalue weighted by molar-refractivity contribution is 6.05. The molecule has 1 amide bonds. The molecule has 0 radical (unpaired) electrons. The third-order valence-corrected chi connectivity index (χ3v) is 6.43. The molecule has 5 rings (SSSR count). The van der Waals surface area contributed by atoms with Crippen molar-refractivity contribution in [2.75, 3.05) is 32.5 Å². The van der Waals surface area contributed by atoms with Gasteiger partial charge < -0.3 is 15.1 Å². The summed E-state index contributed by atoms with van der Waals surface area (Å²) in [6.45, 7) is 2.53. The minimum Gasteiger partial charge on any atom is -0.373 e. The number of carbonyl (C=O) groups excluding carboxylic acids is 1. The van der Waals surface area contributed by atoms with Crippen molar-refractivity contribution >= 4 is 22.6 Å². The van der Waals surface area contributed by atoms with E-state index in [2.05, 4.69) is 22.2 Å². The first kappa shape index (κ1) is 19.9. The Morgan fingerprint density at radius 1 is 1.13 bits per heavy atom. The summed E-state index contributed by atoms with van der Waals surface area (Å²) in [6, 6.07) is 9.58. The highest BCUT2D eigenvalue weighted by atomic mass is 16.2. The van der Waals surface area contributed by atoms with Crippen LogP contribution in [0.4, 0.5) is 5.82 Å². The summed E-state index contributed by atoms with van der Waals surface area (Å²) >= 11 is 0. The van der Waals surface area contributed by atoms with Gasteiger partial charge in [-0.15, -0.1) is 0 Å². The number of aromatic nitrogens is 3. The lowest BCUT2D eigenvalue weighted by Gasteiger charge is -2.36. The average Bonchev–Trinajstić information content (AvgIpc) is 2.82. The molecule has 0 aliphatic carbocycles. The molecule has 2 aliphatic heterocycles. The third kappa shape index (κ3) is 3.63. The first-order valence-corrected chi connectivity index (χ1v) is 11.1. The van der Waals surface area contributed by atoms with Crippen LogP contribution in [0.5, 0.6) is 0 Å². The number of rotatable bonds is 3. The summed E-state index contributed by atoms with van der Waals surface area (Å²) in [7, 11) is 4.03. The molecule has 1 N–H and O–H groups in total. The van der Waals surface area contributed by atoms with Crippen LogP contribution in [0.15, 0.2) is 36.5 Å². The Labute approximate surface area is 182 Å². The monoisotopic (exact) mass is 416 g/mol. The van der Waals surface area contributed by atoms with E-state index in [0.29, 0.717) is 12.1 Å². The van der Waals surface area contributed by atoms with Gasteiger partial charge in [-0.3, -0.25) is 9.78 Å². The highest BCUT2D eigenvalue weighted by Crippen LogP contribution is 2.34. The quantitative estimate of drug-likeness (QED) is 0.705. The van der Waals surface area contributed by atoms with E-state index in [9.17, 15) is 4.79 Å². The van der Waals surface area contributed by atoms with Crippen molar-refractivity contribution < 1.29 is 4.79 Å². The molecule has 1 unspecified atom stereocenters. The zero-order valence-corrected chi connectivity index (χ0v) is 18.1. The summed E-state index contributed by atoms with van der Waals surface area (Å²) in [5.41, 5.74) is 3.68. The second-order valence-corrected chi connectivity index (χ2v) is 8.48. The normalized spacial score (nSPS) is 19.3. The molecule has 7 heteroatoms. The molecule has 0 bridgehead atoms. The van der Waals surface area contributed by atoms with E-state index in [0.717, 1.165) is 67.0 Å². The Kier molecular flexibility index (Phi) is 5.28. The fraction of sp³-hybridized carbons (Fsp3) is 0.417. The van der Waals surface area contributed by atoms with Gasteiger partial charge in [-0.2, -0.15) is 0 Å². The number of carbonyl (C=O) groups is 1. The number of likely N-dealkylation sites (N-methyl/N-ethyl adjacent to an activating group) is 1. The molecular weight excluding hydrogens is 388 g/mol. The molecule has 7 nitrogen and oxygen atoms in total. The average molecular weight is 417 g/mol. The Bertz CT molecular complexity index is 1130. The van der Waals surface area contributed by atoms with Crippen LogP contribution in [0.1, 0.15) is 52.7 Å². The van der Waals surface area contributed by atoms with Gasteiger partial charge in [0.15, 0.2) is 5.82 Å². The van der Waals surface area contributed by atoms with E-state index in [4.69, 9.17) is 9.97 Å². The van der Waals surface area contributed by atoms with E-state index >= 15 is 0 Å². The van der Waals surface area contributed by atoms with Gasteiger partial charge in [0.05, 0.1) is 22.8 Å². The van der Waals surface area contributed by atoms with Crippen molar-refractivity contribution in [3.8, 4) is 0 Å². The minimum absolute atomic E-state index is 0.0125. The van der Waals surface area contributed by atoms with Gasteiger partial charge in [0.1, 0.15) is 5.82 Å². The molecule has 31 heavy (non-hydrogen) atoms. The Hall–Kier alpha value is -3.06. The van der Waals surface area contributed by atoms with Gasteiger partial charge in [-0.1, -0.05) is 18.2 Å². The van der Waals surface area contributed by atoms with Crippen LogP contribution in [0.2, 0.25) is 0 Å². The molecular formula is C24H28N6O. The smallest absolute Gasteiger partial charge is 0.256 e. The van der Waals surface area contributed by atoms with Gasteiger partial charge in [0, 0.05) is 43.8 Å². The number of hydrogen-bond acceptors (Lipinski definition) is 6. The summed E-state index contributed by atoms with van der Waals surface area (Å²) in [6.07, 6.45) is 5.62. The van der Waals surface area contributed by atoms with E-state index in [1.54, 1.807) is 6.20 Å². The highest BCUT2D eigenvalue weighted by Gasteiger charge is 2.33. The number of para-hydroxylation sites is 1. The maximum Gasteiger partial charge on any atom is 0.256 e. The number of anilines is 1. The lowest BCUT2D eigenvalue weighted by molar-refractivity contribution is 0.0601. The van der Waals surface area contributed by atoms with E-state index in [-0.39, 0.29) is 11.9 Å². The van der Waals surface area contributed by atoms with Crippen molar-refractivity contribution in [1.82, 2.24) is 24.8 Å². The van der Waals surface area contributed by atoms with Crippen LogP contribution < -0.4 is 5.32 Å². The standard InChI is InChI=1S/C24H28N6O/c1-25-22-17-11-14-29(2)15-19(17)27-23(28-22)20-10-3-4-13-30(20)24(31)18-9-5-7-16-8-6-12-26-21(16)18/h5-9,12,20H,3-4,10-11,13-15H2,1-2H3,(H,25,27,28). The topological polar surface area (TPSA) is 74.2 Å². The van der Waals surface area contributed by atoms with Crippen molar-refractivity contribution in [2.45, 2.75) is 38.3 Å². The zero-order valence-electron chi connectivity index (χ0n) is 18.1. The van der Waals surface area contributed by atoms with Crippen LogP contribution in [0.25, 0.3) is 10.9 Å². The Morgan fingerprint density at radius 3 is 2.87 bits per heavy atom. The summed E-state index contributed by atoms with van der Waals surface area (Å²) < 4.78 is 0. The Balaban J connectivity index is 1.54. The number of hydrogen-bond donors (Lipinski definition) is 1. The molecule has 160 valence electrons. The molecule has 0 spiro atoms. The maximum atomic E-state index is 13.7. The van der Waals surface area contributed by atoms with Crippen molar-refractivity contribution in [3.05, 3.63) is 59.2 Å². The summed E-state index contributed by atoms with van der Waals surface area (Å²) in [4.78, 5) is 32.3. The van der Waals surface area contributed by atoms with Crippen LogP contribution in [-0.2, 0) is 13.0 Å². The number of nitrogens with one attached hydrogen (secondary N) is 1. The van der Waals surface area contributed by atoms with Gasteiger partial charge >= 0.3 is 0 Å². The van der Waals surface area contributed by atoms with Crippen LogP contribution >= 0.6 is 0 Å². The first-order valence-electron chi connectivity index (χ1n) is 11.1. The number of benzene rings is 1. The van der Waals surface area contributed by atoms with Crippen LogP contribution in [0, 0.1) is 0 Å². The fourth-order valence-corrected chi connectivity index (χ4v) is 4.81. The molecule has 1 aromatic carbocycles. The number of likely N-dealkylation sites (tertiary alicyclic amines) is 1. The molecule has 3 aromatic rings. The second kappa shape index (κ2) is 8.23. The van der Waals surface area contributed by atoms with E-state index in [1.165, 1.54) is 5.56 Å². The fourth-order valence-electron chi connectivity index (χ4n) is 4.81. The van der Waals surface area contributed by atoms with E-state index in [1.807, 2.05) is 42.3 Å². The van der Waals surface area contributed by atoms with Crippen LogP contribution in [0.3, 0.4) is 0 Å². The predicted octanol–water partition coefficient (Wildman–Crippen LogP) is 3.42. The SMILES string of the molecule is CNc1nc(C2CCCCN2C(=O)c2cccc3cccnc23)nc2c1CCN(C)C2. The number of nitrogens with zero attached hydrogens (tertiary/aromatic N) is 5. The van der Waals surface area contributed by atoms with Gasteiger partial charge in [-0.05, 0) is 44.9 Å². The van der Waals surface area contributed by atoms with E-state index < -0.39 is 0 Å². The largest absolute Gasteiger partial charge is 0.373 e. The molecule has 1 saturated heterocycles. The number of piperidine rings is 1. The number of fused-ring (bicyclic) bond motifs is 2. The minimum atomic E-state index is -0.121. The number of pyridine rings is 1. The molecule has 0 saturated carbocycles.